The first-order chi connectivity index (χ1) is 7.97. The van der Waals surface area contributed by atoms with Crippen LogP contribution < -0.4 is 11.1 Å². The van der Waals surface area contributed by atoms with Gasteiger partial charge in [0.15, 0.2) is 0 Å². The number of hydrogen-bond acceptors (Lipinski definition) is 3. The third kappa shape index (κ3) is 9.12. The van der Waals surface area contributed by atoms with Crippen LogP contribution in [0.25, 0.3) is 0 Å². The number of nitrogens with two attached hydrogens (primary N) is 1. The summed E-state index contributed by atoms with van der Waals surface area (Å²) in [6.45, 7) is 11.8. The molecule has 17 heavy (non-hydrogen) atoms. The van der Waals surface area contributed by atoms with Crippen LogP contribution in [0, 0.1) is 5.92 Å². The zero-order valence-electron chi connectivity index (χ0n) is 11.8. The van der Waals surface area contributed by atoms with E-state index in [9.17, 15) is 4.79 Å². The molecule has 0 aliphatic rings. The molecule has 1 amide bonds. The summed E-state index contributed by atoms with van der Waals surface area (Å²) < 4.78 is 0. The maximum atomic E-state index is 11.4. The molecule has 1 atom stereocenters. The summed E-state index contributed by atoms with van der Waals surface area (Å²) in [6, 6.07) is 0.286. The van der Waals surface area contributed by atoms with E-state index < -0.39 is 0 Å². The first-order valence-corrected chi connectivity index (χ1v) is 6.73. The highest BCUT2D eigenvalue weighted by atomic mass is 16.1. The molecule has 0 radical (unpaired) electrons. The van der Waals surface area contributed by atoms with Gasteiger partial charge in [-0.25, -0.2) is 0 Å². The van der Waals surface area contributed by atoms with E-state index in [1.165, 1.54) is 0 Å². The summed E-state index contributed by atoms with van der Waals surface area (Å²) in [7, 11) is 0. The minimum atomic E-state index is 0.0724. The molecule has 0 aliphatic carbocycles. The smallest absolute Gasteiger partial charge is 0.222 e. The lowest BCUT2D eigenvalue weighted by molar-refractivity contribution is -0.124. The summed E-state index contributed by atoms with van der Waals surface area (Å²) in [4.78, 5) is 13.7. The molecule has 0 spiro atoms. The average molecular weight is 243 g/mol. The zero-order chi connectivity index (χ0) is 13.3. The SMILES string of the molecule is CCN(CCCC(C)N)CCNC(=O)C(C)C. The van der Waals surface area contributed by atoms with Crippen molar-refractivity contribution in [1.82, 2.24) is 10.2 Å². The van der Waals surface area contributed by atoms with Crippen LogP contribution in [0.15, 0.2) is 0 Å². The molecule has 0 aromatic carbocycles. The largest absolute Gasteiger partial charge is 0.355 e. The van der Waals surface area contributed by atoms with Crippen LogP contribution in [0.3, 0.4) is 0 Å². The molecule has 0 saturated carbocycles. The zero-order valence-corrected chi connectivity index (χ0v) is 11.8. The van der Waals surface area contributed by atoms with Gasteiger partial charge in [0.25, 0.3) is 0 Å². The highest BCUT2D eigenvalue weighted by Gasteiger charge is 2.07. The number of rotatable bonds is 9. The minimum Gasteiger partial charge on any atom is -0.355 e. The summed E-state index contributed by atoms with van der Waals surface area (Å²) in [5.41, 5.74) is 5.72. The number of nitrogens with zero attached hydrogens (tertiary/aromatic N) is 1. The fourth-order valence-corrected chi connectivity index (χ4v) is 1.61. The maximum Gasteiger partial charge on any atom is 0.222 e. The molecule has 0 heterocycles. The molecule has 0 saturated heterocycles. The van der Waals surface area contributed by atoms with Crippen LogP contribution in [-0.2, 0) is 4.79 Å². The van der Waals surface area contributed by atoms with E-state index in [1.807, 2.05) is 20.8 Å². The lowest BCUT2D eigenvalue weighted by atomic mass is 10.2. The Hall–Kier alpha value is -0.610. The van der Waals surface area contributed by atoms with Gasteiger partial charge >= 0.3 is 0 Å². The van der Waals surface area contributed by atoms with Crippen molar-refractivity contribution in [2.45, 2.75) is 46.6 Å². The third-order valence-electron chi connectivity index (χ3n) is 2.83. The number of nitrogens with one attached hydrogen (secondary N) is 1. The van der Waals surface area contributed by atoms with Crippen LogP contribution in [0.1, 0.15) is 40.5 Å². The molecule has 0 aromatic heterocycles. The molecule has 0 rings (SSSR count). The van der Waals surface area contributed by atoms with E-state index >= 15 is 0 Å². The second-order valence-corrected chi connectivity index (χ2v) is 5.00. The summed E-state index contributed by atoms with van der Waals surface area (Å²) in [6.07, 6.45) is 2.19. The Morgan fingerprint density at radius 3 is 2.41 bits per heavy atom. The molecule has 0 fully saturated rings. The van der Waals surface area contributed by atoms with Gasteiger partial charge in [-0.05, 0) is 32.9 Å². The van der Waals surface area contributed by atoms with Gasteiger partial charge in [-0.1, -0.05) is 20.8 Å². The van der Waals surface area contributed by atoms with Gasteiger partial charge in [0.1, 0.15) is 0 Å². The first kappa shape index (κ1) is 16.4. The number of hydrogen-bond donors (Lipinski definition) is 2. The standard InChI is InChI=1S/C13H29N3O/c1-5-16(9-6-7-12(4)14)10-8-15-13(17)11(2)3/h11-12H,5-10,14H2,1-4H3,(H,15,17). The Kier molecular flexibility index (Phi) is 9.09. The van der Waals surface area contributed by atoms with Crippen molar-refractivity contribution in [2.24, 2.45) is 11.7 Å². The van der Waals surface area contributed by atoms with Crippen molar-refractivity contribution in [1.29, 1.82) is 0 Å². The Balaban J connectivity index is 3.64. The Bertz CT molecular complexity index is 205. The van der Waals surface area contributed by atoms with Crippen molar-refractivity contribution < 1.29 is 4.79 Å². The third-order valence-corrected chi connectivity index (χ3v) is 2.83. The highest BCUT2D eigenvalue weighted by molar-refractivity contribution is 5.77. The second kappa shape index (κ2) is 9.42. The maximum absolute atomic E-state index is 11.4. The molecule has 0 aliphatic heterocycles. The van der Waals surface area contributed by atoms with Gasteiger partial charge in [0.2, 0.25) is 5.91 Å². The van der Waals surface area contributed by atoms with Crippen molar-refractivity contribution in [2.75, 3.05) is 26.2 Å². The van der Waals surface area contributed by atoms with Crippen LogP contribution in [0.4, 0.5) is 0 Å². The van der Waals surface area contributed by atoms with Gasteiger partial charge < -0.3 is 16.0 Å². The number of amides is 1. The average Bonchev–Trinajstić information content (AvgIpc) is 2.26. The van der Waals surface area contributed by atoms with Crippen LogP contribution in [0.5, 0.6) is 0 Å². The van der Waals surface area contributed by atoms with Gasteiger partial charge in [0.05, 0.1) is 0 Å². The predicted octanol–water partition coefficient (Wildman–Crippen LogP) is 1.21. The predicted molar refractivity (Wildman–Crippen MR) is 72.8 cm³/mol. The monoisotopic (exact) mass is 243 g/mol. The normalized spacial score (nSPS) is 13.1. The molecular formula is C13H29N3O. The van der Waals surface area contributed by atoms with Gasteiger partial charge in [0, 0.05) is 25.0 Å². The summed E-state index contributed by atoms with van der Waals surface area (Å²) in [5, 5.41) is 2.94. The first-order valence-electron chi connectivity index (χ1n) is 6.73. The van der Waals surface area contributed by atoms with E-state index in [1.54, 1.807) is 0 Å². The number of carbonyl (C=O) groups is 1. The molecule has 0 aromatic rings. The van der Waals surface area contributed by atoms with Crippen LogP contribution >= 0.6 is 0 Å². The van der Waals surface area contributed by atoms with E-state index in [-0.39, 0.29) is 17.9 Å². The molecule has 0 bridgehead atoms. The molecule has 4 heteroatoms. The van der Waals surface area contributed by atoms with Crippen molar-refractivity contribution in [3.8, 4) is 0 Å². The van der Waals surface area contributed by atoms with E-state index in [4.69, 9.17) is 5.73 Å². The summed E-state index contributed by atoms with van der Waals surface area (Å²) >= 11 is 0. The van der Waals surface area contributed by atoms with Crippen molar-refractivity contribution >= 4 is 5.91 Å². The molecule has 4 nitrogen and oxygen atoms in total. The molecule has 3 N–H and O–H groups in total. The lowest BCUT2D eigenvalue weighted by Gasteiger charge is -2.21. The van der Waals surface area contributed by atoms with Gasteiger partial charge in [-0.15, -0.1) is 0 Å². The van der Waals surface area contributed by atoms with Crippen LogP contribution in [0.2, 0.25) is 0 Å². The molecule has 1 unspecified atom stereocenters. The Morgan fingerprint density at radius 2 is 1.94 bits per heavy atom. The van der Waals surface area contributed by atoms with Gasteiger partial charge in [-0.2, -0.15) is 0 Å². The topological polar surface area (TPSA) is 58.4 Å². The molecular weight excluding hydrogens is 214 g/mol. The van der Waals surface area contributed by atoms with E-state index in [0.29, 0.717) is 0 Å². The summed E-state index contributed by atoms with van der Waals surface area (Å²) in [5.74, 6) is 0.208. The Labute approximate surface area is 106 Å². The van der Waals surface area contributed by atoms with E-state index in [2.05, 4.69) is 17.1 Å². The van der Waals surface area contributed by atoms with Gasteiger partial charge in [-0.3, -0.25) is 4.79 Å². The fraction of sp³-hybridized carbons (Fsp3) is 0.923. The number of carbonyl (C=O) groups excluding carboxylic acids is 1. The minimum absolute atomic E-state index is 0.0724. The Morgan fingerprint density at radius 1 is 1.29 bits per heavy atom. The van der Waals surface area contributed by atoms with Crippen molar-refractivity contribution in [3.05, 3.63) is 0 Å². The molecule has 102 valence electrons. The van der Waals surface area contributed by atoms with Crippen LogP contribution in [-0.4, -0.2) is 43.0 Å². The second-order valence-electron chi connectivity index (χ2n) is 5.00. The fourth-order valence-electron chi connectivity index (χ4n) is 1.61. The van der Waals surface area contributed by atoms with Crippen molar-refractivity contribution in [3.63, 3.8) is 0 Å². The number of likely N-dealkylation sites (N-methyl/N-ethyl adjacent to an activating group) is 1. The highest BCUT2D eigenvalue weighted by Crippen LogP contribution is 1.97. The van der Waals surface area contributed by atoms with E-state index in [0.717, 1.165) is 39.0 Å². The quantitative estimate of drug-likeness (QED) is 0.640. The lowest BCUT2D eigenvalue weighted by Crippen LogP contribution is -2.37.